The second kappa shape index (κ2) is 8.86. The van der Waals surface area contributed by atoms with Crippen LogP contribution in [0.25, 0.3) is 0 Å². The minimum absolute atomic E-state index is 0.0134. The fraction of sp³-hybridized carbons (Fsp3) is 0.238. The molecule has 0 bridgehead atoms. The van der Waals surface area contributed by atoms with Crippen LogP contribution in [0.5, 0.6) is 5.75 Å². The Labute approximate surface area is 195 Å². The molecule has 9 nitrogen and oxygen atoms in total. The molecule has 0 spiro atoms. The molecule has 34 heavy (non-hydrogen) atoms. The third-order valence-corrected chi connectivity index (χ3v) is 5.67. The number of nitrogens with zero attached hydrogens (tertiary/aromatic N) is 3. The summed E-state index contributed by atoms with van der Waals surface area (Å²) >= 11 is 6.30. The highest BCUT2D eigenvalue weighted by Gasteiger charge is 2.47. The van der Waals surface area contributed by atoms with E-state index in [2.05, 4.69) is 15.7 Å². The zero-order valence-electron chi connectivity index (χ0n) is 17.5. The molecule has 4 rings (SSSR count). The molecule has 0 radical (unpaired) electrons. The lowest BCUT2D eigenvalue weighted by Gasteiger charge is -2.33. The molecule has 3 aromatic rings. The van der Waals surface area contributed by atoms with Crippen molar-refractivity contribution < 1.29 is 27.6 Å². The first-order valence-electron chi connectivity index (χ1n) is 9.89. The lowest BCUT2D eigenvalue weighted by atomic mass is 9.97. The fourth-order valence-corrected chi connectivity index (χ4v) is 3.97. The Bertz CT molecular complexity index is 1250. The maximum absolute atomic E-state index is 13.9. The molecule has 0 aliphatic carbocycles. The minimum atomic E-state index is -4.65. The predicted molar refractivity (Wildman–Crippen MR) is 117 cm³/mol. The maximum Gasteiger partial charge on any atom is 0.410 e. The predicted octanol–water partition coefficient (Wildman–Crippen LogP) is 5.37. The second-order valence-corrected chi connectivity index (χ2v) is 7.87. The molecule has 2 unspecified atom stereocenters. The van der Waals surface area contributed by atoms with E-state index < -0.39 is 34.8 Å². The van der Waals surface area contributed by atoms with Gasteiger partial charge in [-0.25, -0.2) is 4.68 Å². The van der Waals surface area contributed by atoms with Gasteiger partial charge in [0, 0.05) is 18.6 Å². The summed E-state index contributed by atoms with van der Waals surface area (Å²) < 4.78 is 47.3. The number of benzene rings is 2. The molecule has 178 valence electrons. The summed E-state index contributed by atoms with van der Waals surface area (Å²) in [6, 6.07) is 9.35. The lowest BCUT2D eigenvalue weighted by molar-refractivity contribution is -0.384. The number of carbonyl (C=O) groups is 1. The van der Waals surface area contributed by atoms with Crippen LogP contribution in [0, 0.1) is 10.1 Å². The summed E-state index contributed by atoms with van der Waals surface area (Å²) in [5.74, 6) is -0.983. The SMILES string of the molecule is COc1cc(NC(=O)c2nn3c(c2Cl)NC(c2ccccc2)CC3C(F)(F)F)cc([N+](=O)[O-])c1. The number of non-ortho nitro benzene ring substituents is 1. The molecule has 13 heteroatoms. The van der Waals surface area contributed by atoms with Gasteiger partial charge in [0.25, 0.3) is 11.6 Å². The van der Waals surface area contributed by atoms with Gasteiger partial charge in [0.1, 0.15) is 16.6 Å². The van der Waals surface area contributed by atoms with Crippen LogP contribution in [0.1, 0.15) is 34.6 Å². The number of hydrogen-bond acceptors (Lipinski definition) is 6. The van der Waals surface area contributed by atoms with Gasteiger partial charge in [0.2, 0.25) is 0 Å². The number of amides is 1. The number of nitro benzene ring substituents is 1. The molecule has 1 aromatic heterocycles. The Morgan fingerprint density at radius 1 is 1.29 bits per heavy atom. The van der Waals surface area contributed by atoms with Gasteiger partial charge in [-0.15, -0.1) is 0 Å². The smallest absolute Gasteiger partial charge is 0.410 e. The summed E-state index contributed by atoms with van der Waals surface area (Å²) in [6.07, 6.45) is -5.01. The number of fused-ring (bicyclic) bond motifs is 1. The number of alkyl halides is 3. The number of rotatable bonds is 5. The van der Waals surface area contributed by atoms with Crippen LogP contribution in [-0.4, -0.2) is 33.9 Å². The van der Waals surface area contributed by atoms with Crippen molar-refractivity contribution in [3.8, 4) is 5.75 Å². The van der Waals surface area contributed by atoms with Crippen LogP contribution in [0.15, 0.2) is 48.5 Å². The average molecular weight is 496 g/mol. The third-order valence-electron chi connectivity index (χ3n) is 5.31. The highest BCUT2D eigenvalue weighted by atomic mass is 35.5. The average Bonchev–Trinajstić information content (AvgIpc) is 3.14. The number of hydrogen-bond donors (Lipinski definition) is 2. The van der Waals surface area contributed by atoms with E-state index in [1.54, 1.807) is 30.3 Å². The van der Waals surface area contributed by atoms with Crippen LogP contribution in [-0.2, 0) is 0 Å². The van der Waals surface area contributed by atoms with Crippen LogP contribution in [0.2, 0.25) is 5.02 Å². The monoisotopic (exact) mass is 495 g/mol. The van der Waals surface area contributed by atoms with E-state index in [0.29, 0.717) is 10.2 Å². The molecule has 2 N–H and O–H groups in total. The Morgan fingerprint density at radius 2 is 2.00 bits per heavy atom. The first-order valence-corrected chi connectivity index (χ1v) is 10.3. The largest absolute Gasteiger partial charge is 0.496 e. The Hall–Kier alpha value is -3.80. The molecule has 2 aromatic carbocycles. The van der Waals surface area contributed by atoms with Crippen molar-refractivity contribution in [3.63, 3.8) is 0 Å². The summed E-state index contributed by atoms with van der Waals surface area (Å²) in [7, 11) is 1.29. The van der Waals surface area contributed by atoms with Crippen molar-refractivity contribution in [3.05, 3.63) is 74.9 Å². The Morgan fingerprint density at radius 3 is 2.62 bits per heavy atom. The minimum Gasteiger partial charge on any atom is -0.496 e. The lowest BCUT2D eigenvalue weighted by Crippen LogP contribution is -2.35. The normalized spacial score (nSPS) is 17.4. The quantitative estimate of drug-likeness (QED) is 0.364. The van der Waals surface area contributed by atoms with Crippen LogP contribution >= 0.6 is 11.6 Å². The maximum atomic E-state index is 13.9. The van der Waals surface area contributed by atoms with E-state index >= 15 is 0 Å². The second-order valence-electron chi connectivity index (χ2n) is 7.49. The Kier molecular flexibility index (Phi) is 6.09. The van der Waals surface area contributed by atoms with E-state index in [4.69, 9.17) is 16.3 Å². The number of halogens is 4. The fourth-order valence-electron chi connectivity index (χ4n) is 3.71. The van der Waals surface area contributed by atoms with Gasteiger partial charge in [0.15, 0.2) is 11.7 Å². The van der Waals surface area contributed by atoms with Crippen LogP contribution in [0.4, 0.5) is 30.4 Å². The Balaban J connectivity index is 1.70. The van der Waals surface area contributed by atoms with Crippen LogP contribution < -0.4 is 15.4 Å². The zero-order valence-corrected chi connectivity index (χ0v) is 18.2. The first-order chi connectivity index (χ1) is 16.1. The topological polar surface area (TPSA) is 111 Å². The molecule has 0 saturated heterocycles. The number of carbonyl (C=O) groups excluding carboxylic acids is 1. The summed E-state index contributed by atoms with van der Waals surface area (Å²) in [5, 5.41) is 20.0. The highest BCUT2D eigenvalue weighted by Crippen LogP contribution is 2.46. The molecule has 1 aliphatic rings. The summed E-state index contributed by atoms with van der Waals surface area (Å²) in [4.78, 5) is 23.3. The molecular weight excluding hydrogens is 479 g/mol. The van der Waals surface area contributed by atoms with Crippen molar-refractivity contribution in [2.45, 2.75) is 24.7 Å². The molecule has 2 heterocycles. The standard InChI is InChI=1S/C21H17ClF3N5O4/c1-34-14-8-12(7-13(9-14)30(32)33)26-20(31)18-17(22)19-27-15(11-5-3-2-4-6-11)10-16(21(23,24)25)29(19)28-18/h2-9,15-16,27H,10H2,1H3,(H,26,31). The molecule has 0 fully saturated rings. The van der Waals surface area contributed by atoms with E-state index in [-0.39, 0.29) is 34.4 Å². The van der Waals surface area contributed by atoms with E-state index in [1.165, 1.54) is 13.2 Å². The van der Waals surface area contributed by atoms with Crippen LogP contribution in [0.3, 0.4) is 0 Å². The third kappa shape index (κ3) is 4.49. The molecule has 0 saturated carbocycles. The van der Waals surface area contributed by atoms with Crippen molar-refractivity contribution in [1.29, 1.82) is 0 Å². The van der Waals surface area contributed by atoms with Gasteiger partial charge in [-0.1, -0.05) is 41.9 Å². The van der Waals surface area contributed by atoms with E-state index in [1.807, 2.05) is 0 Å². The molecule has 1 aliphatic heterocycles. The van der Waals surface area contributed by atoms with Crippen molar-refractivity contribution in [1.82, 2.24) is 9.78 Å². The number of aromatic nitrogens is 2. The van der Waals surface area contributed by atoms with E-state index in [9.17, 15) is 28.1 Å². The first kappa shape index (κ1) is 23.4. The van der Waals surface area contributed by atoms with Gasteiger partial charge >= 0.3 is 6.18 Å². The number of ether oxygens (including phenoxy) is 1. The van der Waals surface area contributed by atoms with Gasteiger partial charge in [-0.3, -0.25) is 14.9 Å². The summed E-state index contributed by atoms with van der Waals surface area (Å²) in [6.45, 7) is 0. The van der Waals surface area contributed by atoms with Crippen molar-refractivity contribution >= 4 is 34.7 Å². The molecule has 1 amide bonds. The van der Waals surface area contributed by atoms with Gasteiger partial charge in [-0.05, 0) is 5.56 Å². The number of methoxy groups -OCH3 is 1. The van der Waals surface area contributed by atoms with Gasteiger partial charge in [-0.2, -0.15) is 18.3 Å². The number of nitrogens with one attached hydrogen (secondary N) is 2. The molecular formula is C21H17ClF3N5O4. The van der Waals surface area contributed by atoms with Gasteiger partial charge in [0.05, 0.1) is 29.8 Å². The van der Waals surface area contributed by atoms with E-state index in [0.717, 1.165) is 12.1 Å². The summed E-state index contributed by atoms with van der Waals surface area (Å²) in [5.41, 5.74) is -0.206. The van der Waals surface area contributed by atoms with Crippen molar-refractivity contribution in [2.24, 2.45) is 0 Å². The number of nitro groups is 1. The van der Waals surface area contributed by atoms with Crippen molar-refractivity contribution in [2.75, 3.05) is 17.7 Å². The number of anilines is 2. The molecule has 2 atom stereocenters. The van der Waals surface area contributed by atoms with Gasteiger partial charge < -0.3 is 15.4 Å². The zero-order chi connectivity index (χ0) is 24.6. The highest BCUT2D eigenvalue weighted by molar-refractivity contribution is 6.36.